The van der Waals surface area contributed by atoms with Crippen molar-refractivity contribution in [3.63, 3.8) is 0 Å². The molecule has 0 heterocycles. The van der Waals surface area contributed by atoms with Crippen molar-refractivity contribution in [1.82, 2.24) is 0 Å². The molecule has 0 radical (unpaired) electrons. The van der Waals surface area contributed by atoms with Crippen LogP contribution < -0.4 is 5.50 Å². The fraction of sp³-hybridized carbons (Fsp3) is 0. The summed E-state index contributed by atoms with van der Waals surface area (Å²) < 4.78 is 11.0. The SMILES string of the molecule is N=P(N)(F)Cl. The summed E-state index contributed by atoms with van der Waals surface area (Å²) in [7, 11) is 0. The molecule has 3 N–H and O–H groups in total. The topological polar surface area (TPSA) is 49.9 Å². The molecule has 0 aliphatic heterocycles. The Bertz CT molecular complexity index is 55.8. The maximum atomic E-state index is 11.0. The van der Waals surface area contributed by atoms with Gasteiger partial charge in [0.05, 0.1) is 0 Å². The minimum atomic E-state index is -3.67. The second kappa shape index (κ2) is 1.25. The molecule has 1 atom stereocenters. The highest BCUT2D eigenvalue weighted by Gasteiger charge is 1.94. The Balaban J connectivity index is 3.47. The standard InChI is InChI=1S/ClFH3N2P/c1-5(2,3)4/h(H3,3,4). The molecule has 0 rings (SSSR count). The average Bonchev–Trinajstić information content (AvgIpc) is 0.722. The summed E-state index contributed by atoms with van der Waals surface area (Å²) in [4.78, 5) is 0. The maximum absolute atomic E-state index is 11.0. The predicted octanol–water partition coefficient (Wildman–Crippen LogP) is 1.68. The van der Waals surface area contributed by atoms with E-state index in [-0.39, 0.29) is 0 Å². The molecule has 5 heteroatoms. The number of rotatable bonds is 0. The molecule has 5 heavy (non-hydrogen) atoms. The lowest BCUT2D eigenvalue weighted by atomic mass is 13.9. The monoisotopic (exact) mass is 116 g/mol. The number of halogens is 2. The first kappa shape index (κ1) is 5.41. The van der Waals surface area contributed by atoms with Crippen LogP contribution in [0.25, 0.3) is 0 Å². The number of nitrogens with one attached hydrogen (secondary N) is 1. The van der Waals surface area contributed by atoms with Crippen LogP contribution in [0.3, 0.4) is 0 Å². The zero-order valence-corrected chi connectivity index (χ0v) is 3.93. The molecule has 0 fully saturated rings. The quantitative estimate of drug-likeness (QED) is 0.465. The number of hydrogen-bond donors (Lipinski definition) is 2. The third-order valence-corrected chi connectivity index (χ3v) is 0. The Morgan fingerprint density at radius 1 is 2.00 bits per heavy atom. The van der Waals surface area contributed by atoms with Crippen molar-refractivity contribution in [3.8, 4) is 0 Å². The van der Waals surface area contributed by atoms with E-state index in [9.17, 15) is 4.20 Å². The Kier molecular flexibility index (Phi) is 1.35. The van der Waals surface area contributed by atoms with Crippen LogP contribution in [0, 0.1) is 5.16 Å². The van der Waals surface area contributed by atoms with Crippen LogP contribution in [0.15, 0.2) is 0 Å². The van der Waals surface area contributed by atoms with Crippen LogP contribution in [0.5, 0.6) is 0 Å². The molecule has 0 aromatic carbocycles. The van der Waals surface area contributed by atoms with Crippen molar-refractivity contribution in [2.24, 2.45) is 5.50 Å². The molecule has 0 amide bonds. The van der Waals surface area contributed by atoms with Gasteiger partial charge in [-0.3, -0.25) is 10.7 Å². The van der Waals surface area contributed by atoms with Crippen LogP contribution in [0.2, 0.25) is 0 Å². The molecular weight excluding hydrogens is 113 g/mol. The highest BCUT2D eigenvalue weighted by Crippen LogP contribution is 2.43. The number of nitrogens with two attached hydrogens (primary N) is 1. The van der Waals surface area contributed by atoms with Crippen LogP contribution in [-0.4, -0.2) is 0 Å². The summed E-state index contributed by atoms with van der Waals surface area (Å²) in [6.07, 6.45) is 0. The van der Waals surface area contributed by atoms with Gasteiger partial charge in [0, 0.05) is 0 Å². The molecule has 0 spiro atoms. The van der Waals surface area contributed by atoms with Crippen molar-refractivity contribution in [1.29, 1.82) is 5.16 Å². The fourth-order valence-electron chi connectivity index (χ4n) is 0. The van der Waals surface area contributed by atoms with E-state index in [1.54, 1.807) is 0 Å². The highest BCUT2D eigenvalue weighted by molar-refractivity contribution is 7.84. The first-order valence-electron chi connectivity index (χ1n) is 0.820. The molecule has 0 saturated heterocycles. The van der Waals surface area contributed by atoms with Gasteiger partial charge in [-0.05, 0) is 11.2 Å². The number of hydrogen-bond acceptors (Lipinski definition) is 1. The smallest absolute Gasteiger partial charge is 0.263 e. The molecule has 0 bridgehead atoms. The van der Waals surface area contributed by atoms with Gasteiger partial charge in [0.15, 0.2) is 0 Å². The first-order chi connectivity index (χ1) is 2.00. The van der Waals surface area contributed by atoms with Crippen molar-refractivity contribution in [2.45, 2.75) is 0 Å². The van der Waals surface area contributed by atoms with Gasteiger partial charge < -0.3 is 0 Å². The van der Waals surface area contributed by atoms with Gasteiger partial charge >= 0.3 is 0 Å². The largest absolute Gasteiger partial charge is 0.278 e. The minimum Gasteiger partial charge on any atom is -0.263 e. The van der Waals surface area contributed by atoms with Crippen molar-refractivity contribution < 1.29 is 4.20 Å². The molecule has 1 unspecified atom stereocenters. The fourth-order valence-corrected chi connectivity index (χ4v) is 0. The van der Waals surface area contributed by atoms with E-state index >= 15 is 0 Å². The highest BCUT2D eigenvalue weighted by atomic mass is 35.7. The first-order valence-corrected chi connectivity index (χ1v) is 3.47. The van der Waals surface area contributed by atoms with Gasteiger partial charge in [-0.1, -0.05) is 0 Å². The zero-order valence-electron chi connectivity index (χ0n) is 2.28. The molecule has 2 nitrogen and oxygen atoms in total. The predicted molar refractivity (Wildman–Crippen MR) is 20.8 cm³/mol. The van der Waals surface area contributed by atoms with Crippen LogP contribution in [-0.2, 0) is 0 Å². The third kappa shape index (κ3) is 152. The lowest BCUT2D eigenvalue weighted by Gasteiger charge is -1.83. The van der Waals surface area contributed by atoms with Gasteiger partial charge in [0.2, 0.25) is 0 Å². The van der Waals surface area contributed by atoms with Crippen molar-refractivity contribution in [3.05, 3.63) is 0 Å². The Morgan fingerprint density at radius 2 is 2.00 bits per heavy atom. The third-order valence-electron chi connectivity index (χ3n) is 0. The minimum absolute atomic E-state index is 3.67. The van der Waals surface area contributed by atoms with Gasteiger partial charge in [-0.25, -0.2) is 0 Å². The van der Waals surface area contributed by atoms with E-state index in [2.05, 4.69) is 16.7 Å². The summed E-state index contributed by atoms with van der Waals surface area (Å²) in [6.45, 7) is -3.67. The van der Waals surface area contributed by atoms with Crippen LogP contribution in [0.4, 0.5) is 4.20 Å². The second-order valence-electron chi connectivity index (χ2n) is 0.557. The zero-order chi connectivity index (χ0) is 4.50. The summed E-state index contributed by atoms with van der Waals surface area (Å²) in [6, 6.07) is 0. The van der Waals surface area contributed by atoms with Gasteiger partial charge in [-0.2, -0.15) is 4.20 Å². The normalized spacial score (nSPS) is 21.4. The summed E-state index contributed by atoms with van der Waals surface area (Å²) in [5, 5.41) is 5.93. The maximum Gasteiger partial charge on any atom is 0.278 e. The van der Waals surface area contributed by atoms with Crippen LogP contribution >= 0.6 is 18.1 Å². The lowest BCUT2D eigenvalue weighted by molar-refractivity contribution is 0.888. The molecular formula is H3ClFN2P. The van der Waals surface area contributed by atoms with E-state index in [4.69, 9.17) is 5.16 Å². The van der Waals surface area contributed by atoms with E-state index in [1.165, 1.54) is 0 Å². The Morgan fingerprint density at radius 3 is 2.00 bits per heavy atom. The van der Waals surface area contributed by atoms with E-state index in [1.807, 2.05) is 0 Å². The summed E-state index contributed by atoms with van der Waals surface area (Å²) in [5.74, 6) is 0. The van der Waals surface area contributed by atoms with Crippen molar-refractivity contribution >= 4 is 18.1 Å². The van der Waals surface area contributed by atoms with E-state index in [0.717, 1.165) is 0 Å². The van der Waals surface area contributed by atoms with Crippen molar-refractivity contribution in [2.75, 3.05) is 0 Å². The van der Waals surface area contributed by atoms with E-state index < -0.39 is 6.87 Å². The molecule has 0 saturated carbocycles. The summed E-state index contributed by atoms with van der Waals surface area (Å²) in [5.41, 5.74) is 4.23. The molecule has 0 aromatic rings. The Hall–Kier alpha value is 0.410. The van der Waals surface area contributed by atoms with Gasteiger partial charge in [-0.15, -0.1) is 0 Å². The Labute approximate surface area is 33.9 Å². The van der Waals surface area contributed by atoms with Gasteiger partial charge in [0.1, 0.15) is 0 Å². The van der Waals surface area contributed by atoms with Gasteiger partial charge in [0.25, 0.3) is 6.87 Å². The molecule has 0 aromatic heterocycles. The second-order valence-corrected chi connectivity index (χ2v) is 3.15. The van der Waals surface area contributed by atoms with Crippen LogP contribution in [0.1, 0.15) is 0 Å². The van der Waals surface area contributed by atoms with E-state index in [0.29, 0.717) is 0 Å². The molecule has 0 aliphatic rings. The molecule has 0 aliphatic carbocycles. The average molecular weight is 116 g/mol. The molecule has 32 valence electrons. The summed E-state index contributed by atoms with van der Waals surface area (Å²) >= 11 is 4.42. The lowest BCUT2D eigenvalue weighted by Crippen LogP contribution is -1.72.